The van der Waals surface area contributed by atoms with Crippen molar-refractivity contribution in [3.05, 3.63) is 21.5 Å². The maximum absolute atomic E-state index is 12.7. The van der Waals surface area contributed by atoms with Gasteiger partial charge in [0.1, 0.15) is 17.9 Å². The van der Waals surface area contributed by atoms with Crippen molar-refractivity contribution in [2.75, 3.05) is 0 Å². The molecule has 120 valence electrons. The van der Waals surface area contributed by atoms with Crippen molar-refractivity contribution < 1.29 is 9.72 Å². The van der Waals surface area contributed by atoms with E-state index in [1.54, 1.807) is 13.8 Å². The number of rotatable bonds is 5. The first-order chi connectivity index (χ1) is 10.5. The van der Waals surface area contributed by atoms with E-state index in [1.165, 1.54) is 17.5 Å². The molecule has 0 unspecified atom stereocenters. The van der Waals surface area contributed by atoms with Crippen LogP contribution < -0.4 is 0 Å². The van der Waals surface area contributed by atoms with Gasteiger partial charge in [-0.3, -0.25) is 19.6 Å². The first kappa shape index (κ1) is 15.0. The van der Waals surface area contributed by atoms with Crippen LogP contribution in [0.4, 0.5) is 5.69 Å². The van der Waals surface area contributed by atoms with Crippen molar-refractivity contribution in [1.29, 1.82) is 0 Å². The molecule has 0 saturated heterocycles. The van der Waals surface area contributed by atoms with Crippen LogP contribution in [0.1, 0.15) is 49.9 Å². The van der Waals surface area contributed by atoms with Gasteiger partial charge >= 0.3 is 5.69 Å². The molecule has 1 aromatic heterocycles. The Morgan fingerprint density at radius 2 is 1.86 bits per heavy atom. The van der Waals surface area contributed by atoms with E-state index in [-0.39, 0.29) is 18.1 Å². The van der Waals surface area contributed by atoms with E-state index in [2.05, 4.69) is 5.10 Å². The smallest absolute Gasteiger partial charge is 0.312 e. The fourth-order valence-electron chi connectivity index (χ4n) is 3.56. The van der Waals surface area contributed by atoms with Crippen LogP contribution >= 0.6 is 0 Å². The third-order valence-electron chi connectivity index (χ3n) is 4.76. The second kappa shape index (κ2) is 5.70. The van der Waals surface area contributed by atoms with Gasteiger partial charge in [-0.15, -0.1) is 0 Å². The van der Waals surface area contributed by atoms with Crippen LogP contribution in [0.5, 0.6) is 0 Å². The molecule has 2 saturated carbocycles. The van der Waals surface area contributed by atoms with Gasteiger partial charge in [0.05, 0.1) is 4.92 Å². The van der Waals surface area contributed by atoms with Gasteiger partial charge in [-0.2, -0.15) is 5.10 Å². The highest BCUT2D eigenvalue weighted by atomic mass is 16.6. The largest absolute Gasteiger partial charge is 0.335 e. The lowest BCUT2D eigenvalue weighted by Gasteiger charge is -2.29. The normalized spacial score (nSPS) is 18.6. The van der Waals surface area contributed by atoms with Crippen LogP contribution in [0.3, 0.4) is 0 Å². The van der Waals surface area contributed by atoms with Gasteiger partial charge < -0.3 is 4.90 Å². The number of nitrogens with zero attached hydrogens (tertiary/aromatic N) is 4. The molecule has 0 atom stereocenters. The Kier molecular flexibility index (Phi) is 3.88. The van der Waals surface area contributed by atoms with E-state index in [0.29, 0.717) is 23.5 Å². The molecule has 3 rings (SSSR count). The molecule has 0 N–H and O–H groups in total. The second-order valence-electron chi connectivity index (χ2n) is 6.40. The SMILES string of the molecule is Cc1nn(CC(=O)N(C2CCCC2)C2CC2)c(C)c1[N+](=O)[O-]. The third-order valence-corrected chi connectivity index (χ3v) is 4.76. The predicted octanol–water partition coefficient (Wildman–Crippen LogP) is 2.34. The van der Waals surface area contributed by atoms with E-state index < -0.39 is 4.92 Å². The first-order valence-corrected chi connectivity index (χ1v) is 7.98. The number of hydrogen-bond acceptors (Lipinski definition) is 4. The number of hydrogen-bond donors (Lipinski definition) is 0. The summed E-state index contributed by atoms with van der Waals surface area (Å²) in [5, 5.41) is 15.2. The Morgan fingerprint density at radius 1 is 1.27 bits per heavy atom. The molecule has 1 aromatic rings. The van der Waals surface area contributed by atoms with Gasteiger partial charge in [-0.25, -0.2) is 0 Å². The van der Waals surface area contributed by atoms with E-state index in [1.807, 2.05) is 4.90 Å². The Balaban J connectivity index is 1.78. The topological polar surface area (TPSA) is 81.3 Å². The van der Waals surface area contributed by atoms with Crippen LogP contribution in [-0.4, -0.2) is 37.6 Å². The summed E-state index contributed by atoms with van der Waals surface area (Å²) in [5.74, 6) is 0.0508. The molecular weight excluding hydrogens is 284 g/mol. The van der Waals surface area contributed by atoms with Crippen molar-refractivity contribution in [2.24, 2.45) is 0 Å². The Hall–Kier alpha value is -1.92. The summed E-state index contributed by atoms with van der Waals surface area (Å²) in [4.78, 5) is 25.4. The van der Waals surface area contributed by atoms with Gasteiger partial charge in [0.2, 0.25) is 5.91 Å². The number of amides is 1. The monoisotopic (exact) mass is 306 g/mol. The van der Waals surface area contributed by atoms with Crippen molar-refractivity contribution in [1.82, 2.24) is 14.7 Å². The van der Waals surface area contributed by atoms with E-state index in [9.17, 15) is 14.9 Å². The number of aryl methyl sites for hydroxylation is 1. The lowest BCUT2D eigenvalue weighted by Crippen LogP contribution is -2.42. The van der Waals surface area contributed by atoms with Gasteiger partial charge in [0, 0.05) is 12.1 Å². The fourth-order valence-corrected chi connectivity index (χ4v) is 3.56. The Bertz CT molecular complexity index is 600. The highest BCUT2D eigenvalue weighted by Crippen LogP contribution is 2.34. The molecule has 0 radical (unpaired) electrons. The summed E-state index contributed by atoms with van der Waals surface area (Å²) in [6, 6.07) is 0.731. The minimum atomic E-state index is -0.422. The summed E-state index contributed by atoms with van der Waals surface area (Å²) in [6.45, 7) is 3.37. The number of carbonyl (C=O) groups is 1. The molecule has 0 aromatic carbocycles. The molecule has 2 fully saturated rings. The summed E-state index contributed by atoms with van der Waals surface area (Å²) in [7, 11) is 0. The molecule has 0 bridgehead atoms. The Morgan fingerprint density at radius 3 is 2.36 bits per heavy atom. The van der Waals surface area contributed by atoms with E-state index >= 15 is 0 Å². The quantitative estimate of drug-likeness (QED) is 0.617. The maximum Gasteiger partial charge on any atom is 0.312 e. The summed E-state index contributed by atoms with van der Waals surface area (Å²) in [6.07, 6.45) is 6.71. The summed E-state index contributed by atoms with van der Waals surface area (Å²) < 4.78 is 1.49. The molecule has 1 amide bonds. The molecule has 0 spiro atoms. The van der Waals surface area contributed by atoms with Crippen LogP contribution in [-0.2, 0) is 11.3 Å². The molecule has 22 heavy (non-hydrogen) atoms. The van der Waals surface area contributed by atoms with Crippen LogP contribution in [0.2, 0.25) is 0 Å². The van der Waals surface area contributed by atoms with Crippen molar-refractivity contribution in [2.45, 2.75) is 71.0 Å². The number of nitro groups is 1. The fraction of sp³-hybridized carbons (Fsp3) is 0.733. The van der Waals surface area contributed by atoms with Crippen LogP contribution in [0, 0.1) is 24.0 Å². The van der Waals surface area contributed by atoms with Crippen LogP contribution in [0.15, 0.2) is 0 Å². The Labute approximate surface area is 129 Å². The third kappa shape index (κ3) is 2.71. The molecule has 7 heteroatoms. The molecule has 7 nitrogen and oxygen atoms in total. The van der Waals surface area contributed by atoms with E-state index in [0.717, 1.165) is 25.7 Å². The lowest BCUT2D eigenvalue weighted by atomic mass is 10.2. The van der Waals surface area contributed by atoms with E-state index in [4.69, 9.17) is 0 Å². The average Bonchev–Trinajstić information content (AvgIpc) is 3.03. The van der Waals surface area contributed by atoms with Crippen molar-refractivity contribution >= 4 is 11.6 Å². The molecule has 2 aliphatic rings. The molecule has 0 aliphatic heterocycles. The molecule has 2 aliphatic carbocycles. The summed E-state index contributed by atoms with van der Waals surface area (Å²) in [5.41, 5.74) is 0.846. The minimum Gasteiger partial charge on any atom is -0.335 e. The van der Waals surface area contributed by atoms with Gasteiger partial charge in [-0.1, -0.05) is 12.8 Å². The van der Waals surface area contributed by atoms with Crippen LogP contribution in [0.25, 0.3) is 0 Å². The molecule has 1 heterocycles. The summed E-state index contributed by atoms with van der Waals surface area (Å²) >= 11 is 0. The van der Waals surface area contributed by atoms with Crippen molar-refractivity contribution in [3.63, 3.8) is 0 Å². The predicted molar refractivity (Wildman–Crippen MR) is 80.5 cm³/mol. The zero-order chi connectivity index (χ0) is 15.9. The lowest BCUT2D eigenvalue weighted by molar-refractivity contribution is -0.386. The van der Waals surface area contributed by atoms with Gasteiger partial charge in [-0.05, 0) is 39.5 Å². The highest BCUT2D eigenvalue weighted by molar-refractivity contribution is 5.77. The zero-order valence-electron chi connectivity index (χ0n) is 13.1. The van der Waals surface area contributed by atoms with Gasteiger partial charge in [0.15, 0.2) is 0 Å². The standard InChI is InChI=1S/C15H22N4O3/c1-10-15(19(21)22)11(2)17(16-10)9-14(20)18(13-7-8-13)12-5-3-4-6-12/h12-13H,3-9H2,1-2H3. The highest BCUT2D eigenvalue weighted by Gasteiger charge is 2.38. The number of aromatic nitrogens is 2. The molecular formula is C15H22N4O3. The van der Waals surface area contributed by atoms with Gasteiger partial charge in [0.25, 0.3) is 0 Å². The minimum absolute atomic E-state index is 0.0200. The number of carbonyl (C=O) groups excluding carboxylic acids is 1. The second-order valence-corrected chi connectivity index (χ2v) is 6.40. The first-order valence-electron chi connectivity index (χ1n) is 7.98. The van der Waals surface area contributed by atoms with Crippen molar-refractivity contribution in [3.8, 4) is 0 Å². The maximum atomic E-state index is 12.7. The zero-order valence-corrected chi connectivity index (χ0v) is 13.1. The average molecular weight is 306 g/mol.